The zero-order chi connectivity index (χ0) is 16.2. The summed E-state index contributed by atoms with van der Waals surface area (Å²) >= 11 is 5.89. The molecule has 1 aromatic rings. The number of ether oxygens (including phenoxy) is 1. The number of allylic oxidation sites excluding steroid dienone is 2. The van der Waals surface area contributed by atoms with Crippen LogP contribution in [0, 0.1) is 5.92 Å². The number of esters is 1. The highest BCUT2D eigenvalue weighted by Gasteiger charge is 2.23. The average Bonchev–Trinajstić information content (AvgIpc) is 2.33. The van der Waals surface area contributed by atoms with Crippen molar-refractivity contribution in [1.82, 2.24) is 0 Å². The van der Waals surface area contributed by atoms with Crippen molar-refractivity contribution in [2.24, 2.45) is 5.92 Å². The molecule has 0 N–H and O–H groups in total. The second kappa shape index (κ2) is 6.95. The highest BCUT2D eigenvalue weighted by Crippen LogP contribution is 2.31. The molecule has 0 aromatic heterocycles. The molecule has 0 amide bonds. The lowest BCUT2D eigenvalue weighted by molar-refractivity contribution is -0.155. The minimum atomic E-state index is -0.488. The van der Waals surface area contributed by atoms with E-state index in [1.54, 1.807) is 0 Å². The molecule has 0 bridgehead atoms. The standard InChI is InChI=1S/C18H23ClO2/c1-12(2)16(11-17(20)21-18(4,5)6)13(3)14-7-9-15(19)10-8-14/h7-10,16H,1,3,11H2,2,4-6H3. The molecule has 1 rings (SSSR count). The van der Waals surface area contributed by atoms with Gasteiger partial charge >= 0.3 is 5.97 Å². The van der Waals surface area contributed by atoms with Crippen LogP contribution >= 0.6 is 11.6 Å². The second-order valence-electron chi connectivity index (χ2n) is 6.22. The third kappa shape index (κ3) is 5.76. The van der Waals surface area contributed by atoms with Crippen molar-refractivity contribution >= 4 is 23.1 Å². The van der Waals surface area contributed by atoms with Gasteiger partial charge in [0.25, 0.3) is 0 Å². The lowest BCUT2D eigenvalue weighted by atomic mass is 9.86. The van der Waals surface area contributed by atoms with Gasteiger partial charge < -0.3 is 4.74 Å². The maximum Gasteiger partial charge on any atom is 0.307 e. The van der Waals surface area contributed by atoms with Gasteiger partial charge in [-0.05, 0) is 51.0 Å². The summed E-state index contributed by atoms with van der Waals surface area (Å²) in [6, 6.07) is 7.42. The van der Waals surface area contributed by atoms with Crippen LogP contribution in [0.4, 0.5) is 0 Å². The smallest absolute Gasteiger partial charge is 0.307 e. The van der Waals surface area contributed by atoms with E-state index in [0.29, 0.717) is 5.02 Å². The molecule has 0 spiro atoms. The van der Waals surface area contributed by atoms with E-state index >= 15 is 0 Å². The summed E-state index contributed by atoms with van der Waals surface area (Å²) in [7, 11) is 0. The van der Waals surface area contributed by atoms with Crippen LogP contribution in [0.1, 0.15) is 39.7 Å². The molecule has 1 atom stereocenters. The summed E-state index contributed by atoms with van der Waals surface area (Å²) in [6.07, 6.45) is 0.244. The Kier molecular flexibility index (Phi) is 5.79. The summed E-state index contributed by atoms with van der Waals surface area (Å²) in [5.41, 5.74) is 2.21. The van der Waals surface area contributed by atoms with Crippen LogP contribution in [0.15, 0.2) is 43.0 Å². The van der Waals surface area contributed by atoms with Crippen molar-refractivity contribution in [3.8, 4) is 0 Å². The Labute approximate surface area is 132 Å². The highest BCUT2D eigenvalue weighted by molar-refractivity contribution is 6.30. The molecule has 0 saturated carbocycles. The lowest BCUT2D eigenvalue weighted by Crippen LogP contribution is -2.25. The molecule has 0 aliphatic carbocycles. The molecule has 2 nitrogen and oxygen atoms in total. The predicted molar refractivity (Wildman–Crippen MR) is 89.3 cm³/mol. The number of carbonyl (C=O) groups excluding carboxylic acids is 1. The van der Waals surface area contributed by atoms with Crippen LogP contribution in [0.5, 0.6) is 0 Å². The van der Waals surface area contributed by atoms with E-state index in [9.17, 15) is 4.79 Å². The minimum Gasteiger partial charge on any atom is -0.460 e. The first kappa shape index (κ1) is 17.5. The first-order valence-electron chi connectivity index (χ1n) is 6.92. The van der Waals surface area contributed by atoms with Gasteiger partial charge in [-0.15, -0.1) is 0 Å². The van der Waals surface area contributed by atoms with E-state index < -0.39 is 5.60 Å². The SMILES string of the molecule is C=C(C)C(CC(=O)OC(C)(C)C)C(=C)c1ccc(Cl)cc1. The van der Waals surface area contributed by atoms with Crippen molar-refractivity contribution in [1.29, 1.82) is 0 Å². The maximum atomic E-state index is 12.0. The Morgan fingerprint density at radius 1 is 1.24 bits per heavy atom. The zero-order valence-corrected chi connectivity index (χ0v) is 14.0. The normalized spacial score (nSPS) is 12.6. The summed E-state index contributed by atoms with van der Waals surface area (Å²) in [6.45, 7) is 15.6. The van der Waals surface area contributed by atoms with E-state index in [-0.39, 0.29) is 18.3 Å². The molecule has 0 aliphatic rings. The van der Waals surface area contributed by atoms with Crippen molar-refractivity contribution in [2.75, 3.05) is 0 Å². The fourth-order valence-electron chi connectivity index (χ4n) is 2.01. The van der Waals surface area contributed by atoms with Crippen molar-refractivity contribution in [3.63, 3.8) is 0 Å². The van der Waals surface area contributed by atoms with E-state index in [1.807, 2.05) is 52.0 Å². The van der Waals surface area contributed by atoms with Gasteiger partial charge in [0.2, 0.25) is 0 Å². The molecule has 0 heterocycles. The average molecular weight is 307 g/mol. The Hall–Kier alpha value is -1.54. The zero-order valence-electron chi connectivity index (χ0n) is 13.2. The number of hydrogen-bond acceptors (Lipinski definition) is 2. The van der Waals surface area contributed by atoms with Crippen LogP contribution in [-0.2, 0) is 9.53 Å². The Balaban J connectivity index is 2.87. The molecule has 3 heteroatoms. The minimum absolute atomic E-state index is 0.138. The molecule has 114 valence electrons. The fraction of sp³-hybridized carbons (Fsp3) is 0.389. The number of benzene rings is 1. The van der Waals surface area contributed by atoms with E-state index in [4.69, 9.17) is 16.3 Å². The van der Waals surface area contributed by atoms with E-state index in [2.05, 4.69) is 13.2 Å². The van der Waals surface area contributed by atoms with Gasteiger partial charge in [0.1, 0.15) is 5.60 Å². The van der Waals surface area contributed by atoms with Crippen molar-refractivity contribution in [2.45, 2.75) is 39.7 Å². The van der Waals surface area contributed by atoms with Crippen molar-refractivity contribution in [3.05, 3.63) is 53.6 Å². The third-order valence-electron chi connectivity index (χ3n) is 3.02. The van der Waals surface area contributed by atoms with Gasteiger partial charge in [-0.3, -0.25) is 4.79 Å². The number of hydrogen-bond donors (Lipinski definition) is 0. The van der Waals surface area contributed by atoms with Gasteiger partial charge in [0.05, 0.1) is 6.42 Å². The summed E-state index contributed by atoms with van der Waals surface area (Å²) < 4.78 is 5.38. The Bertz CT molecular complexity index is 535. The lowest BCUT2D eigenvalue weighted by Gasteiger charge is -2.24. The number of rotatable bonds is 5. The summed E-state index contributed by atoms with van der Waals surface area (Å²) in [5.74, 6) is -0.383. The fourth-order valence-corrected chi connectivity index (χ4v) is 2.14. The molecule has 1 unspecified atom stereocenters. The Morgan fingerprint density at radius 2 is 1.76 bits per heavy atom. The first-order valence-corrected chi connectivity index (χ1v) is 7.30. The maximum absolute atomic E-state index is 12.0. The van der Waals surface area contributed by atoms with E-state index in [1.165, 1.54) is 0 Å². The molecular weight excluding hydrogens is 284 g/mol. The molecule has 0 aliphatic heterocycles. The van der Waals surface area contributed by atoms with Gasteiger partial charge in [-0.2, -0.15) is 0 Å². The molecule has 1 aromatic carbocycles. The monoisotopic (exact) mass is 306 g/mol. The molecule has 0 fully saturated rings. The van der Waals surface area contributed by atoms with Crippen LogP contribution in [0.25, 0.3) is 5.57 Å². The van der Waals surface area contributed by atoms with Crippen LogP contribution in [0.3, 0.4) is 0 Å². The number of carbonyl (C=O) groups is 1. The number of halogens is 1. The topological polar surface area (TPSA) is 26.3 Å². The molecule has 0 radical (unpaired) electrons. The summed E-state index contributed by atoms with van der Waals surface area (Å²) in [4.78, 5) is 12.0. The van der Waals surface area contributed by atoms with Crippen LogP contribution in [-0.4, -0.2) is 11.6 Å². The van der Waals surface area contributed by atoms with E-state index in [0.717, 1.165) is 16.7 Å². The van der Waals surface area contributed by atoms with Gasteiger partial charge in [-0.1, -0.05) is 42.5 Å². The third-order valence-corrected chi connectivity index (χ3v) is 3.27. The van der Waals surface area contributed by atoms with Crippen LogP contribution < -0.4 is 0 Å². The van der Waals surface area contributed by atoms with Gasteiger partial charge in [-0.25, -0.2) is 0 Å². The Morgan fingerprint density at radius 3 is 2.19 bits per heavy atom. The molecular formula is C18H23ClO2. The molecule has 21 heavy (non-hydrogen) atoms. The van der Waals surface area contributed by atoms with Gasteiger partial charge in [0.15, 0.2) is 0 Å². The molecule has 0 saturated heterocycles. The van der Waals surface area contributed by atoms with Crippen molar-refractivity contribution < 1.29 is 9.53 Å². The highest BCUT2D eigenvalue weighted by atomic mass is 35.5. The van der Waals surface area contributed by atoms with Crippen LogP contribution in [0.2, 0.25) is 5.02 Å². The largest absolute Gasteiger partial charge is 0.460 e. The predicted octanol–water partition coefficient (Wildman–Crippen LogP) is 5.28. The summed E-state index contributed by atoms with van der Waals surface area (Å²) in [5, 5.41) is 0.672. The first-order chi connectivity index (χ1) is 9.60. The second-order valence-corrected chi connectivity index (χ2v) is 6.66. The quantitative estimate of drug-likeness (QED) is 0.546. The van der Waals surface area contributed by atoms with Gasteiger partial charge in [0, 0.05) is 10.9 Å².